The molecule has 0 saturated carbocycles. The zero-order valence-electron chi connectivity index (χ0n) is 8.17. The normalized spacial score (nSPS) is 10.3. The SMILES string of the molecule is CC(C)Oc1cc(N)c(C=N)cc1Cl. The summed E-state index contributed by atoms with van der Waals surface area (Å²) in [5, 5.41) is 7.57. The van der Waals surface area contributed by atoms with E-state index in [0.717, 1.165) is 0 Å². The van der Waals surface area contributed by atoms with Gasteiger partial charge in [0.2, 0.25) is 0 Å². The first-order valence-electron chi connectivity index (χ1n) is 4.30. The van der Waals surface area contributed by atoms with Crippen LogP contribution in [0.4, 0.5) is 5.69 Å². The number of hydrogen-bond donors (Lipinski definition) is 2. The summed E-state index contributed by atoms with van der Waals surface area (Å²) in [6.45, 7) is 3.83. The van der Waals surface area contributed by atoms with Crippen molar-refractivity contribution in [3.05, 3.63) is 22.7 Å². The molecule has 1 aromatic carbocycles. The van der Waals surface area contributed by atoms with Crippen molar-refractivity contribution in [1.82, 2.24) is 0 Å². The van der Waals surface area contributed by atoms with Gasteiger partial charge in [-0.3, -0.25) is 0 Å². The highest BCUT2D eigenvalue weighted by molar-refractivity contribution is 6.32. The minimum Gasteiger partial charge on any atom is -0.489 e. The van der Waals surface area contributed by atoms with E-state index in [0.29, 0.717) is 22.0 Å². The Bertz CT molecular complexity index is 350. The smallest absolute Gasteiger partial charge is 0.140 e. The van der Waals surface area contributed by atoms with Gasteiger partial charge >= 0.3 is 0 Å². The van der Waals surface area contributed by atoms with Gasteiger partial charge in [-0.05, 0) is 19.9 Å². The van der Waals surface area contributed by atoms with Crippen LogP contribution in [0.1, 0.15) is 19.4 Å². The van der Waals surface area contributed by atoms with Crippen LogP contribution in [0.2, 0.25) is 5.02 Å². The highest BCUT2D eigenvalue weighted by atomic mass is 35.5. The molecule has 76 valence electrons. The Kier molecular flexibility index (Phi) is 3.36. The number of nitrogens with one attached hydrogen (secondary N) is 1. The second kappa shape index (κ2) is 4.33. The average Bonchev–Trinajstić information content (AvgIpc) is 2.10. The number of nitrogens with two attached hydrogens (primary N) is 1. The lowest BCUT2D eigenvalue weighted by molar-refractivity contribution is 0.242. The predicted octanol–water partition coefficient (Wildman–Crippen LogP) is 2.71. The number of halogens is 1. The molecule has 3 N–H and O–H groups in total. The molecular weight excluding hydrogens is 200 g/mol. The standard InChI is InChI=1S/C10H13ClN2O/c1-6(2)14-10-4-9(13)7(5-12)3-8(10)11/h3-6,12H,13H2,1-2H3. The molecule has 0 heterocycles. The molecule has 4 heteroatoms. The number of benzene rings is 1. The van der Waals surface area contributed by atoms with Gasteiger partial charge in [0.1, 0.15) is 5.75 Å². The summed E-state index contributed by atoms with van der Waals surface area (Å²) in [5.74, 6) is 0.560. The monoisotopic (exact) mass is 212 g/mol. The summed E-state index contributed by atoms with van der Waals surface area (Å²) in [6.07, 6.45) is 1.22. The lowest BCUT2D eigenvalue weighted by Crippen LogP contribution is -2.07. The van der Waals surface area contributed by atoms with E-state index >= 15 is 0 Å². The van der Waals surface area contributed by atoms with Crippen LogP contribution < -0.4 is 10.5 Å². The second-order valence-electron chi connectivity index (χ2n) is 3.22. The fraction of sp³-hybridized carbons (Fsp3) is 0.300. The van der Waals surface area contributed by atoms with Crippen molar-refractivity contribution in [2.24, 2.45) is 0 Å². The number of anilines is 1. The van der Waals surface area contributed by atoms with Gasteiger partial charge in [0.15, 0.2) is 0 Å². The first kappa shape index (κ1) is 10.9. The molecule has 3 nitrogen and oxygen atoms in total. The first-order chi connectivity index (χ1) is 6.54. The van der Waals surface area contributed by atoms with E-state index < -0.39 is 0 Å². The molecule has 0 fully saturated rings. The van der Waals surface area contributed by atoms with Crippen molar-refractivity contribution in [2.75, 3.05) is 5.73 Å². The van der Waals surface area contributed by atoms with Gasteiger partial charge in [-0.15, -0.1) is 0 Å². The van der Waals surface area contributed by atoms with Crippen LogP contribution in [0.5, 0.6) is 5.75 Å². The molecule has 0 aliphatic carbocycles. The molecule has 0 aliphatic heterocycles. The number of rotatable bonds is 3. The zero-order valence-corrected chi connectivity index (χ0v) is 8.93. The van der Waals surface area contributed by atoms with Crippen molar-refractivity contribution < 1.29 is 4.74 Å². The molecular formula is C10H13ClN2O. The molecule has 1 aromatic rings. The Balaban J connectivity index is 3.08. The molecule has 0 amide bonds. The highest BCUT2D eigenvalue weighted by Crippen LogP contribution is 2.29. The molecule has 0 unspecified atom stereocenters. The fourth-order valence-electron chi connectivity index (χ4n) is 1.05. The Labute approximate surface area is 88.3 Å². The van der Waals surface area contributed by atoms with E-state index in [1.165, 1.54) is 6.21 Å². The van der Waals surface area contributed by atoms with Crippen LogP contribution in [-0.2, 0) is 0 Å². The third-order valence-electron chi connectivity index (χ3n) is 1.66. The van der Waals surface area contributed by atoms with Crippen LogP contribution in [-0.4, -0.2) is 12.3 Å². The number of hydrogen-bond acceptors (Lipinski definition) is 3. The number of ether oxygens (including phenoxy) is 1. The van der Waals surface area contributed by atoms with Gasteiger partial charge in [0.05, 0.1) is 11.1 Å². The van der Waals surface area contributed by atoms with Crippen LogP contribution in [0.15, 0.2) is 12.1 Å². The topological polar surface area (TPSA) is 59.1 Å². The molecule has 0 aliphatic rings. The minimum atomic E-state index is 0.0535. The molecule has 0 saturated heterocycles. The van der Waals surface area contributed by atoms with Crippen LogP contribution >= 0.6 is 11.6 Å². The third-order valence-corrected chi connectivity index (χ3v) is 1.95. The van der Waals surface area contributed by atoms with Gasteiger partial charge in [-0.2, -0.15) is 0 Å². The van der Waals surface area contributed by atoms with Crippen LogP contribution in [0.25, 0.3) is 0 Å². The maximum atomic E-state index is 7.09. The van der Waals surface area contributed by atoms with Gasteiger partial charge < -0.3 is 15.9 Å². The van der Waals surface area contributed by atoms with Crippen LogP contribution in [0.3, 0.4) is 0 Å². The van der Waals surface area contributed by atoms with E-state index in [-0.39, 0.29) is 6.10 Å². The van der Waals surface area contributed by atoms with E-state index in [9.17, 15) is 0 Å². The van der Waals surface area contributed by atoms with Gasteiger partial charge in [-0.25, -0.2) is 0 Å². The molecule has 0 bridgehead atoms. The van der Waals surface area contributed by atoms with E-state index in [1.807, 2.05) is 13.8 Å². The fourth-order valence-corrected chi connectivity index (χ4v) is 1.27. The molecule has 0 aromatic heterocycles. The molecule has 0 spiro atoms. The van der Waals surface area contributed by atoms with Gasteiger partial charge in [-0.1, -0.05) is 11.6 Å². The Hall–Kier alpha value is -1.22. The summed E-state index contributed by atoms with van der Waals surface area (Å²) in [5.41, 5.74) is 6.79. The molecule has 0 radical (unpaired) electrons. The maximum absolute atomic E-state index is 7.09. The predicted molar refractivity (Wildman–Crippen MR) is 59.5 cm³/mol. The lowest BCUT2D eigenvalue weighted by Gasteiger charge is -2.12. The minimum absolute atomic E-state index is 0.0535. The molecule has 1 rings (SSSR count). The van der Waals surface area contributed by atoms with E-state index in [2.05, 4.69) is 0 Å². The lowest BCUT2D eigenvalue weighted by atomic mass is 10.2. The molecule has 0 atom stereocenters. The summed E-state index contributed by atoms with van der Waals surface area (Å²) >= 11 is 5.94. The van der Waals surface area contributed by atoms with Gasteiger partial charge in [0, 0.05) is 23.5 Å². The van der Waals surface area contributed by atoms with Crippen molar-refractivity contribution in [3.63, 3.8) is 0 Å². The van der Waals surface area contributed by atoms with E-state index in [1.54, 1.807) is 12.1 Å². The summed E-state index contributed by atoms with van der Waals surface area (Å²) < 4.78 is 5.44. The van der Waals surface area contributed by atoms with Crippen LogP contribution in [0, 0.1) is 5.41 Å². The summed E-state index contributed by atoms with van der Waals surface area (Å²) in [6, 6.07) is 3.27. The summed E-state index contributed by atoms with van der Waals surface area (Å²) in [7, 11) is 0. The second-order valence-corrected chi connectivity index (χ2v) is 3.63. The zero-order chi connectivity index (χ0) is 10.7. The first-order valence-corrected chi connectivity index (χ1v) is 4.68. The highest BCUT2D eigenvalue weighted by Gasteiger charge is 2.07. The Morgan fingerprint density at radius 1 is 1.50 bits per heavy atom. The Morgan fingerprint density at radius 2 is 2.14 bits per heavy atom. The quantitative estimate of drug-likeness (QED) is 0.598. The average molecular weight is 213 g/mol. The van der Waals surface area contributed by atoms with E-state index in [4.69, 9.17) is 27.5 Å². The molecule has 14 heavy (non-hydrogen) atoms. The van der Waals surface area contributed by atoms with Crippen molar-refractivity contribution in [3.8, 4) is 5.75 Å². The third kappa shape index (κ3) is 2.39. The largest absolute Gasteiger partial charge is 0.489 e. The summed E-state index contributed by atoms with van der Waals surface area (Å²) in [4.78, 5) is 0. The number of nitrogen functional groups attached to an aromatic ring is 1. The van der Waals surface area contributed by atoms with Crippen molar-refractivity contribution >= 4 is 23.5 Å². The maximum Gasteiger partial charge on any atom is 0.140 e. The van der Waals surface area contributed by atoms with Gasteiger partial charge in [0.25, 0.3) is 0 Å². The Morgan fingerprint density at radius 3 is 2.64 bits per heavy atom. The van der Waals surface area contributed by atoms with Crippen molar-refractivity contribution in [1.29, 1.82) is 5.41 Å². The van der Waals surface area contributed by atoms with Crippen molar-refractivity contribution in [2.45, 2.75) is 20.0 Å².